The van der Waals surface area contributed by atoms with Gasteiger partial charge in [-0.05, 0) is 56.7 Å². The van der Waals surface area contributed by atoms with E-state index in [9.17, 15) is 0 Å². The van der Waals surface area contributed by atoms with Crippen LogP contribution >= 0.6 is 0 Å². The fourth-order valence-corrected chi connectivity index (χ4v) is 2.97. The summed E-state index contributed by atoms with van der Waals surface area (Å²) in [6.07, 6.45) is 3.25. The number of hydrogen-bond acceptors (Lipinski definition) is 4. The van der Waals surface area contributed by atoms with Crippen molar-refractivity contribution in [1.29, 1.82) is 0 Å². The van der Waals surface area contributed by atoms with Crippen molar-refractivity contribution in [3.63, 3.8) is 0 Å². The van der Waals surface area contributed by atoms with Crippen LogP contribution in [0.15, 0.2) is 29.3 Å². The lowest BCUT2D eigenvalue weighted by Gasteiger charge is -2.21. The predicted octanol–water partition coefficient (Wildman–Crippen LogP) is 2.76. The number of aliphatic imine (C=N–C) groups is 1. The van der Waals surface area contributed by atoms with Crippen molar-refractivity contribution in [2.75, 3.05) is 46.6 Å². The summed E-state index contributed by atoms with van der Waals surface area (Å²) < 4.78 is 17.1. The van der Waals surface area contributed by atoms with E-state index in [1.165, 1.54) is 5.56 Å². The molecule has 1 aliphatic rings. The van der Waals surface area contributed by atoms with Crippen LogP contribution < -0.4 is 15.4 Å². The Kier molecular flexibility index (Phi) is 10.0. The fraction of sp³-hybridized carbons (Fsp3) is 0.667. The van der Waals surface area contributed by atoms with Gasteiger partial charge in [-0.3, -0.25) is 4.99 Å². The summed E-state index contributed by atoms with van der Waals surface area (Å²) in [6.45, 7) is 9.02. The maximum absolute atomic E-state index is 5.93. The number of rotatable bonds is 10. The van der Waals surface area contributed by atoms with Gasteiger partial charge in [0.25, 0.3) is 0 Å². The van der Waals surface area contributed by atoms with Crippen LogP contribution in [-0.2, 0) is 9.47 Å². The van der Waals surface area contributed by atoms with Crippen LogP contribution in [0.3, 0.4) is 0 Å². The maximum atomic E-state index is 5.93. The number of nitrogens with zero attached hydrogens (tertiary/aromatic N) is 1. The largest absolute Gasteiger partial charge is 0.489 e. The fourth-order valence-electron chi connectivity index (χ4n) is 2.97. The first-order valence-corrected chi connectivity index (χ1v) is 10.0. The maximum Gasteiger partial charge on any atom is 0.191 e. The lowest BCUT2D eigenvalue weighted by atomic mass is 10.0. The zero-order valence-corrected chi connectivity index (χ0v) is 17.0. The Bertz CT molecular complexity index is 559. The van der Waals surface area contributed by atoms with Gasteiger partial charge >= 0.3 is 0 Å². The van der Waals surface area contributed by atoms with Crippen LogP contribution in [0.25, 0.3) is 0 Å². The van der Waals surface area contributed by atoms with Gasteiger partial charge in [0.05, 0.1) is 6.54 Å². The minimum absolute atomic E-state index is 0.0492. The van der Waals surface area contributed by atoms with Gasteiger partial charge in [-0.25, -0.2) is 0 Å². The zero-order chi connectivity index (χ0) is 19.3. The summed E-state index contributed by atoms with van der Waals surface area (Å²) in [4.78, 5) is 4.26. The van der Waals surface area contributed by atoms with Crippen molar-refractivity contribution in [2.45, 2.75) is 39.2 Å². The van der Waals surface area contributed by atoms with Gasteiger partial charge in [-0.1, -0.05) is 12.1 Å². The molecule has 27 heavy (non-hydrogen) atoms. The monoisotopic (exact) mass is 377 g/mol. The second-order valence-electron chi connectivity index (χ2n) is 7.11. The van der Waals surface area contributed by atoms with Gasteiger partial charge in [0.15, 0.2) is 5.96 Å². The summed E-state index contributed by atoms with van der Waals surface area (Å²) in [6, 6.07) is 8.10. The Morgan fingerprint density at radius 1 is 1.30 bits per heavy atom. The first kappa shape index (κ1) is 21.5. The van der Waals surface area contributed by atoms with Crippen LogP contribution in [0.5, 0.6) is 5.75 Å². The average Bonchev–Trinajstić information content (AvgIpc) is 2.67. The highest BCUT2D eigenvalue weighted by molar-refractivity contribution is 5.79. The van der Waals surface area contributed by atoms with Crippen LogP contribution in [0, 0.1) is 12.8 Å². The number of ether oxygens (including phenoxy) is 3. The molecule has 0 spiro atoms. The van der Waals surface area contributed by atoms with Gasteiger partial charge < -0.3 is 24.8 Å². The van der Waals surface area contributed by atoms with E-state index in [2.05, 4.69) is 28.6 Å². The molecule has 1 saturated heterocycles. The van der Waals surface area contributed by atoms with Crippen molar-refractivity contribution >= 4 is 5.96 Å². The molecular weight excluding hydrogens is 342 g/mol. The summed E-state index contributed by atoms with van der Waals surface area (Å²) in [5, 5.41) is 6.63. The lowest BCUT2D eigenvalue weighted by Crippen LogP contribution is -2.42. The molecule has 1 aliphatic heterocycles. The molecule has 1 unspecified atom stereocenters. The van der Waals surface area contributed by atoms with Crippen molar-refractivity contribution in [2.24, 2.45) is 10.9 Å². The molecule has 0 radical (unpaired) electrons. The number of guanidine groups is 1. The van der Waals surface area contributed by atoms with Crippen LogP contribution in [0.4, 0.5) is 0 Å². The first-order valence-electron chi connectivity index (χ1n) is 10.0. The minimum Gasteiger partial charge on any atom is -0.489 e. The van der Waals surface area contributed by atoms with E-state index in [1.54, 1.807) is 7.05 Å². The van der Waals surface area contributed by atoms with Crippen LogP contribution in [0.2, 0.25) is 0 Å². The molecule has 1 atom stereocenters. The Morgan fingerprint density at radius 2 is 2.11 bits per heavy atom. The molecule has 1 fully saturated rings. The van der Waals surface area contributed by atoms with E-state index in [4.69, 9.17) is 14.2 Å². The molecule has 2 N–H and O–H groups in total. The third-order valence-electron chi connectivity index (χ3n) is 4.56. The SMILES string of the molecule is CN=C(NCCCOCC1CCOCC1)NCC(C)Oc1cccc(C)c1. The number of nitrogens with one attached hydrogen (secondary N) is 2. The van der Waals surface area contributed by atoms with E-state index in [1.807, 2.05) is 25.1 Å². The van der Waals surface area contributed by atoms with Crippen molar-refractivity contribution in [1.82, 2.24) is 10.6 Å². The molecule has 6 nitrogen and oxygen atoms in total. The molecule has 0 amide bonds. The molecule has 6 heteroatoms. The van der Waals surface area contributed by atoms with Crippen molar-refractivity contribution in [3.8, 4) is 5.75 Å². The summed E-state index contributed by atoms with van der Waals surface area (Å²) in [5.74, 6) is 2.35. The molecule has 0 saturated carbocycles. The number of hydrogen-bond donors (Lipinski definition) is 2. The summed E-state index contributed by atoms with van der Waals surface area (Å²) >= 11 is 0. The van der Waals surface area contributed by atoms with Gasteiger partial charge in [-0.15, -0.1) is 0 Å². The van der Waals surface area contributed by atoms with Gasteiger partial charge in [-0.2, -0.15) is 0 Å². The Labute approximate surface area is 163 Å². The highest BCUT2D eigenvalue weighted by Gasteiger charge is 2.13. The van der Waals surface area contributed by atoms with E-state index in [0.29, 0.717) is 12.5 Å². The van der Waals surface area contributed by atoms with E-state index >= 15 is 0 Å². The summed E-state index contributed by atoms with van der Waals surface area (Å²) in [7, 11) is 1.78. The third-order valence-corrected chi connectivity index (χ3v) is 4.56. The molecule has 152 valence electrons. The molecule has 1 aromatic rings. The van der Waals surface area contributed by atoms with Crippen molar-refractivity contribution < 1.29 is 14.2 Å². The molecule has 0 aliphatic carbocycles. The third kappa shape index (κ3) is 9.11. The second kappa shape index (κ2) is 12.6. The van der Waals surface area contributed by atoms with Gasteiger partial charge in [0.1, 0.15) is 11.9 Å². The highest BCUT2D eigenvalue weighted by atomic mass is 16.5. The van der Waals surface area contributed by atoms with E-state index in [-0.39, 0.29) is 6.10 Å². The van der Waals surface area contributed by atoms with Gasteiger partial charge in [0, 0.05) is 40.0 Å². The smallest absolute Gasteiger partial charge is 0.191 e. The molecule has 0 bridgehead atoms. The number of aryl methyl sites for hydroxylation is 1. The average molecular weight is 378 g/mol. The molecule has 1 heterocycles. The molecule has 0 aromatic heterocycles. The normalized spacial score (nSPS) is 16.8. The Balaban J connectivity index is 1.53. The van der Waals surface area contributed by atoms with Gasteiger partial charge in [0.2, 0.25) is 0 Å². The van der Waals surface area contributed by atoms with Crippen molar-refractivity contribution in [3.05, 3.63) is 29.8 Å². The molecule has 2 rings (SSSR count). The Hall–Kier alpha value is -1.79. The van der Waals surface area contributed by atoms with Crippen LogP contribution in [-0.4, -0.2) is 58.6 Å². The molecular formula is C21H35N3O3. The minimum atomic E-state index is 0.0492. The lowest BCUT2D eigenvalue weighted by molar-refractivity contribution is 0.0203. The molecule has 1 aromatic carbocycles. The van der Waals surface area contributed by atoms with Crippen LogP contribution in [0.1, 0.15) is 31.7 Å². The van der Waals surface area contributed by atoms with E-state index < -0.39 is 0 Å². The highest BCUT2D eigenvalue weighted by Crippen LogP contribution is 2.15. The Morgan fingerprint density at radius 3 is 2.85 bits per heavy atom. The zero-order valence-electron chi connectivity index (χ0n) is 17.0. The van der Waals surface area contributed by atoms with E-state index in [0.717, 1.165) is 63.9 Å². The first-order chi connectivity index (χ1) is 13.2. The topological polar surface area (TPSA) is 64.1 Å². The quantitative estimate of drug-likeness (QED) is 0.373. The second-order valence-corrected chi connectivity index (χ2v) is 7.11. The number of benzene rings is 1. The standard InChI is InChI=1S/C21H35N3O3/c1-17-6-4-7-20(14-17)27-18(2)15-24-21(22-3)23-10-5-11-26-16-19-8-12-25-13-9-19/h4,6-7,14,18-19H,5,8-13,15-16H2,1-3H3,(H2,22,23,24). The predicted molar refractivity (Wildman–Crippen MR) is 110 cm³/mol. The summed E-state index contributed by atoms with van der Waals surface area (Å²) in [5.41, 5.74) is 1.20.